The lowest BCUT2D eigenvalue weighted by Gasteiger charge is -2.25. The average Bonchev–Trinajstić information content (AvgIpc) is 2.18. The maximum absolute atomic E-state index is 10.9. The first-order valence-electron chi connectivity index (χ1n) is 4.97. The molecule has 0 radical (unpaired) electrons. The molecule has 2 unspecified atom stereocenters. The van der Waals surface area contributed by atoms with E-state index in [0.29, 0.717) is 12.0 Å². The highest BCUT2D eigenvalue weighted by atomic mass is 16.4. The van der Waals surface area contributed by atoms with Gasteiger partial charge in [-0.05, 0) is 18.7 Å². The Morgan fingerprint density at radius 3 is 2.93 bits per heavy atom. The zero-order valence-corrected chi connectivity index (χ0v) is 8.26. The lowest BCUT2D eigenvalue weighted by Crippen LogP contribution is -2.32. The third-order valence-electron chi connectivity index (χ3n) is 2.66. The molecule has 3 nitrogen and oxygen atoms in total. The van der Waals surface area contributed by atoms with Crippen LogP contribution in [0.5, 0.6) is 0 Å². The van der Waals surface area contributed by atoms with Gasteiger partial charge in [0.05, 0.1) is 6.04 Å². The molecule has 1 heterocycles. The fourth-order valence-electron chi connectivity index (χ4n) is 1.84. The van der Waals surface area contributed by atoms with Gasteiger partial charge in [-0.3, -0.25) is 0 Å². The molecule has 0 aromatic heterocycles. The van der Waals surface area contributed by atoms with Gasteiger partial charge in [-0.25, -0.2) is 4.79 Å². The van der Waals surface area contributed by atoms with E-state index in [1.165, 1.54) is 0 Å². The number of rotatable bonds is 1. The van der Waals surface area contributed by atoms with Gasteiger partial charge in [-0.2, -0.15) is 0 Å². The quantitative estimate of drug-likeness (QED) is 0.680. The average molecular weight is 203 g/mol. The Kier molecular flexibility index (Phi) is 2.72. The number of nitrogens with one attached hydrogen (secondary N) is 1. The van der Waals surface area contributed by atoms with Crippen LogP contribution in [-0.4, -0.2) is 17.1 Å². The van der Waals surface area contributed by atoms with E-state index in [4.69, 9.17) is 5.11 Å². The normalized spacial score (nSPS) is 34.0. The summed E-state index contributed by atoms with van der Waals surface area (Å²) in [5, 5.41) is 12.2. The first kappa shape index (κ1) is 9.77. The summed E-state index contributed by atoms with van der Waals surface area (Å²) in [6, 6.07) is 0.203. The molecule has 3 heteroatoms. The molecular formula is C12H13NO2. The molecule has 2 aliphatic rings. The van der Waals surface area contributed by atoms with E-state index in [9.17, 15) is 4.79 Å². The van der Waals surface area contributed by atoms with Crippen molar-refractivity contribution in [3.8, 4) is 0 Å². The van der Waals surface area contributed by atoms with Crippen LogP contribution in [0.3, 0.4) is 0 Å². The second-order valence-electron chi connectivity index (χ2n) is 3.69. The van der Waals surface area contributed by atoms with E-state index in [-0.39, 0.29) is 12.0 Å². The molecule has 1 aliphatic heterocycles. The van der Waals surface area contributed by atoms with Gasteiger partial charge < -0.3 is 10.4 Å². The molecule has 0 saturated heterocycles. The van der Waals surface area contributed by atoms with Gasteiger partial charge in [0, 0.05) is 11.5 Å². The van der Waals surface area contributed by atoms with Crippen molar-refractivity contribution in [2.45, 2.75) is 12.5 Å². The zero-order chi connectivity index (χ0) is 10.7. The van der Waals surface area contributed by atoms with Crippen LogP contribution in [-0.2, 0) is 4.79 Å². The topological polar surface area (TPSA) is 49.3 Å². The largest absolute Gasteiger partial charge is 0.478 e. The number of carbonyl (C=O) groups is 1. The summed E-state index contributed by atoms with van der Waals surface area (Å²) in [4.78, 5) is 10.9. The summed E-state index contributed by atoms with van der Waals surface area (Å²) in [5.74, 6) is -0.606. The van der Waals surface area contributed by atoms with Gasteiger partial charge in [-0.1, -0.05) is 30.4 Å². The number of allylic oxidation sites excluding steroid dienone is 4. The Morgan fingerprint density at radius 1 is 1.33 bits per heavy atom. The number of aliphatic carboxylic acids is 1. The van der Waals surface area contributed by atoms with Gasteiger partial charge >= 0.3 is 5.97 Å². The Morgan fingerprint density at radius 2 is 2.13 bits per heavy atom. The Labute approximate surface area is 88.5 Å². The first-order valence-corrected chi connectivity index (χ1v) is 4.97. The Hall–Kier alpha value is -1.77. The molecule has 2 rings (SSSR count). The molecule has 0 spiro atoms. The third kappa shape index (κ3) is 2.18. The lowest BCUT2D eigenvalue weighted by molar-refractivity contribution is -0.132. The predicted molar refractivity (Wildman–Crippen MR) is 58.2 cm³/mol. The second kappa shape index (κ2) is 4.17. The van der Waals surface area contributed by atoms with E-state index in [1.54, 1.807) is 18.4 Å². The summed E-state index contributed by atoms with van der Waals surface area (Å²) in [5.41, 5.74) is 0.461. The van der Waals surface area contributed by atoms with E-state index >= 15 is 0 Å². The summed E-state index contributed by atoms with van der Waals surface area (Å²) >= 11 is 0. The Balaban J connectivity index is 2.22. The van der Waals surface area contributed by atoms with E-state index in [2.05, 4.69) is 11.4 Å². The van der Waals surface area contributed by atoms with Crippen molar-refractivity contribution in [3.63, 3.8) is 0 Å². The number of fused-ring (bicyclic) bond motifs is 1. The molecule has 0 aromatic carbocycles. The second-order valence-corrected chi connectivity index (χ2v) is 3.69. The van der Waals surface area contributed by atoms with Crippen LogP contribution < -0.4 is 5.32 Å². The van der Waals surface area contributed by atoms with Crippen molar-refractivity contribution in [2.75, 3.05) is 0 Å². The molecule has 2 N–H and O–H groups in total. The molecule has 0 aromatic rings. The number of hydrogen-bond donors (Lipinski definition) is 2. The van der Waals surface area contributed by atoms with Crippen LogP contribution in [0.15, 0.2) is 48.2 Å². The first-order chi connectivity index (χ1) is 7.27. The van der Waals surface area contributed by atoms with Crippen molar-refractivity contribution in [3.05, 3.63) is 48.2 Å². The van der Waals surface area contributed by atoms with Crippen molar-refractivity contribution in [2.24, 2.45) is 5.92 Å². The number of carboxylic acids is 1. The van der Waals surface area contributed by atoms with Crippen molar-refractivity contribution < 1.29 is 9.90 Å². The van der Waals surface area contributed by atoms with Gasteiger partial charge in [0.15, 0.2) is 0 Å². The molecule has 0 fully saturated rings. The number of carboxylic acid groups (broad SMARTS) is 1. The molecule has 0 amide bonds. The van der Waals surface area contributed by atoms with Crippen LogP contribution in [0.1, 0.15) is 6.42 Å². The maximum atomic E-state index is 10.9. The Bertz CT molecular complexity index is 377. The third-order valence-corrected chi connectivity index (χ3v) is 2.66. The summed E-state index contributed by atoms with van der Waals surface area (Å²) < 4.78 is 0. The van der Waals surface area contributed by atoms with E-state index in [0.717, 1.165) is 0 Å². The molecule has 0 bridgehead atoms. The van der Waals surface area contributed by atoms with Gasteiger partial charge in [0.2, 0.25) is 0 Å². The predicted octanol–water partition coefficient (Wildman–Crippen LogP) is 1.62. The molecule has 2 atom stereocenters. The van der Waals surface area contributed by atoms with Crippen LogP contribution in [0.4, 0.5) is 0 Å². The van der Waals surface area contributed by atoms with Crippen LogP contribution in [0.25, 0.3) is 0 Å². The molecule has 0 saturated carbocycles. The smallest absolute Gasteiger partial charge is 0.331 e. The molecular weight excluding hydrogens is 190 g/mol. The minimum Gasteiger partial charge on any atom is -0.478 e. The highest BCUT2D eigenvalue weighted by Gasteiger charge is 2.21. The van der Waals surface area contributed by atoms with Gasteiger partial charge in [0.1, 0.15) is 0 Å². The lowest BCUT2D eigenvalue weighted by atomic mass is 9.88. The van der Waals surface area contributed by atoms with Crippen molar-refractivity contribution in [1.82, 2.24) is 5.32 Å². The summed E-state index contributed by atoms with van der Waals surface area (Å²) in [6.07, 6.45) is 13.8. The highest BCUT2D eigenvalue weighted by Crippen LogP contribution is 2.22. The van der Waals surface area contributed by atoms with Gasteiger partial charge in [0.25, 0.3) is 0 Å². The summed E-state index contributed by atoms with van der Waals surface area (Å²) in [7, 11) is 0. The van der Waals surface area contributed by atoms with Crippen molar-refractivity contribution >= 4 is 5.97 Å². The zero-order valence-electron chi connectivity index (χ0n) is 8.26. The van der Waals surface area contributed by atoms with E-state index < -0.39 is 5.97 Å². The summed E-state index contributed by atoms with van der Waals surface area (Å²) in [6.45, 7) is 0. The number of hydrogen-bond acceptors (Lipinski definition) is 2. The highest BCUT2D eigenvalue weighted by molar-refractivity contribution is 5.87. The SMILES string of the molecule is O=C(O)/C1=C/C=C\NC2C=CC=CC2C1. The molecule has 78 valence electrons. The van der Waals surface area contributed by atoms with Gasteiger partial charge in [-0.15, -0.1) is 0 Å². The minimum atomic E-state index is -0.830. The molecule has 15 heavy (non-hydrogen) atoms. The standard InChI is InChI=1S/C12H13NO2/c14-12(15)10-5-3-7-13-11-6-2-1-4-9(11)8-10/h1-7,9,11,13H,8H2,(H,14,15)/b7-3-,10-5+. The van der Waals surface area contributed by atoms with Crippen LogP contribution in [0.2, 0.25) is 0 Å². The fourth-order valence-corrected chi connectivity index (χ4v) is 1.84. The minimum absolute atomic E-state index is 0.203. The fraction of sp³-hybridized carbons (Fsp3) is 0.250. The maximum Gasteiger partial charge on any atom is 0.331 e. The van der Waals surface area contributed by atoms with Crippen molar-refractivity contribution in [1.29, 1.82) is 0 Å². The molecule has 1 aliphatic carbocycles. The monoisotopic (exact) mass is 203 g/mol. The van der Waals surface area contributed by atoms with Crippen LogP contribution >= 0.6 is 0 Å². The van der Waals surface area contributed by atoms with Crippen LogP contribution in [0, 0.1) is 5.92 Å². The van der Waals surface area contributed by atoms with E-state index in [1.807, 2.05) is 18.2 Å².